The lowest BCUT2D eigenvalue weighted by molar-refractivity contribution is 0.418. The van der Waals surface area contributed by atoms with Gasteiger partial charge in [0.25, 0.3) is 0 Å². The number of nitrogens with two attached hydrogens (primary N) is 1. The van der Waals surface area contributed by atoms with Gasteiger partial charge in [0.2, 0.25) is 0 Å². The smallest absolute Gasteiger partial charge is 0.0949 e. The molecule has 0 fully saturated rings. The van der Waals surface area contributed by atoms with Crippen LogP contribution in [-0.4, -0.2) is 16.1 Å². The molecule has 0 aliphatic rings. The van der Waals surface area contributed by atoms with Crippen LogP contribution >= 0.6 is 0 Å². The van der Waals surface area contributed by atoms with Gasteiger partial charge in [-0.25, -0.2) is 4.98 Å². The van der Waals surface area contributed by atoms with E-state index < -0.39 is 0 Å². The summed E-state index contributed by atoms with van der Waals surface area (Å²) in [5.74, 6) is 0.773. The molecule has 80 valence electrons. The summed E-state index contributed by atoms with van der Waals surface area (Å²) in [6, 6.07) is 0. The Morgan fingerprint density at radius 3 is 2.71 bits per heavy atom. The van der Waals surface area contributed by atoms with Crippen molar-refractivity contribution >= 4 is 0 Å². The fourth-order valence-corrected chi connectivity index (χ4v) is 1.63. The highest BCUT2D eigenvalue weighted by atomic mass is 15.0. The predicted octanol–water partition coefficient (Wildman–Crippen LogP) is 1.82. The highest BCUT2D eigenvalue weighted by Crippen LogP contribution is 2.11. The van der Waals surface area contributed by atoms with Crippen LogP contribution in [0.2, 0.25) is 0 Å². The molecule has 3 nitrogen and oxygen atoms in total. The largest absolute Gasteiger partial charge is 0.337 e. The Morgan fingerprint density at radius 1 is 1.43 bits per heavy atom. The molecule has 0 saturated heterocycles. The molecule has 0 aliphatic heterocycles. The minimum Gasteiger partial charge on any atom is -0.337 e. The maximum Gasteiger partial charge on any atom is 0.0949 e. The van der Waals surface area contributed by atoms with Gasteiger partial charge in [-0.2, -0.15) is 0 Å². The highest BCUT2D eigenvalue weighted by molar-refractivity contribution is 4.97. The van der Waals surface area contributed by atoms with Crippen LogP contribution in [0.5, 0.6) is 0 Å². The molecule has 0 atom stereocenters. The molecule has 0 aromatic carbocycles. The van der Waals surface area contributed by atoms with Crippen LogP contribution in [0.1, 0.15) is 32.4 Å². The Kier molecular flexibility index (Phi) is 4.66. The van der Waals surface area contributed by atoms with Gasteiger partial charge >= 0.3 is 0 Å². The Hall–Kier alpha value is -0.830. The average molecular weight is 195 g/mol. The van der Waals surface area contributed by atoms with E-state index >= 15 is 0 Å². The van der Waals surface area contributed by atoms with Gasteiger partial charge in [-0.05, 0) is 12.5 Å². The number of hydrogen-bond acceptors (Lipinski definition) is 2. The number of aromatic nitrogens is 2. The zero-order chi connectivity index (χ0) is 10.4. The van der Waals surface area contributed by atoms with Crippen molar-refractivity contribution in [2.75, 3.05) is 6.54 Å². The van der Waals surface area contributed by atoms with Crippen LogP contribution in [0.25, 0.3) is 0 Å². The maximum atomic E-state index is 5.47. The van der Waals surface area contributed by atoms with Crippen molar-refractivity contribution in [1.29, 1.82) is 0 Å². The van der Waals surface area contributed by atoms with Gasteiger partial charge in [-0.1, -0.05) is 26.7 Å². The van der Waals surface area contributed by atoms with Crippen LogP contribution < -0.4 is 5.73 Å². The first-order chi connectivity index (χ1) is 6.80. The quantitative estimate of drug-likeness (QED) is 0.752. The van der Waals surface area contributed by atoms with Crippen molar-refractivity contribution in [3.8, 4) is 0 Å². The fourth-order valence-electron chi connectivity index (χ4n) is 1.63. The van der Waals surface area contributed by atoms with E-state index in [1.165, 1.54) is 12.8 Å². The molecule has 1 aromatic heterocycles. The van der Waals surface area contributed by atoms with Gasteiger partial charge in [0.1, 0.15) is 0 Å². The fraction of sp³-hybridized carbons (Fsp3) is 0.727. The van der Waals surface area contributed by atoms with E-state index in [9.17, 15) is 0 Å². The van der Waals surface area contributed by atoms with E-state index in [4.69, 9.17) is 5.73 Å². The predicted molar refractivity (Wildman–Crippen MR) is 59.1 cm³/mol. The molecule has 1 heterocycles. The van der Waals surface area contributed by atoms with Crippen molar-refractivity contribution in [1.82, 2.24) is 9.55 Å². The summed E-state index contributed by atoms with van der Waals surface area (Å²) in [5, 5.41) is 0. The van der Waals surface area contributed by atoms with E-state index in [1.54, 1.807) is 0 Å². The molecule has 0 amide bonds. The summed E-state index contributed by atoms with van der Waals surface area (Å²) in [7, 11) is 0. The molecule has 1 aromatic rings. The summed E-state index contributed by atoms with van der Waals surface area (Å²) in [5.41, 5.74) is 6.58. The zero-order valence-corrected chi connectivity index (χ0v) is 9.24. The van der Waals surface area contributed by atoms with Crippen molar-refractivity contribution in [3.05, 3.63) is 18.2 Å². The van der Waals surface area contributed by atoms with Crippen LogP contribution in [0.4, 0.5) is 0 Å². The number of hydrogen-bond donors (Lipinski definition) is 1. The SMILES string of the molecule is CCC(CC)Cn1cnc(CCN)c1. The Bertz CT molecular complexity index is 251. The monoisotopic (exact) mass is 195 g/mol. The normalized spacial score (nSPS) is 11.1. The first kappa shape index (κ1) is 11.2. The van der Waals surface area contributed by atoms with Crippen LogP contribution in [0.3, 0.4) is 0 Å². The third-order valence-electron chi connectivity index (χ3n) is 2.71. The summed E-state index contributed by atoms with van der Waals surface area (Å²) < 4.78 is 2.18. The molecule has 0 unspecified atom stereocenters. The standard InChI is InChI=1S/C11H21N3/c1-3-10(4-2)7-14-8-11(5-6-12)13-9-14/h8-10H,3-7,12H2,1-2H3. The summed E-state index contributed by atoms with van der Waals surface area (Å²) in [6.45, 7) is 6.25. The molecule has 3 heteroatoms. The topological polar surface area (TPSA) is 43.8 Å². The molecule has 14 heavy (non-hydrogen) atoms. The number of imidazole rings is 1. The molecule has 0 aliphatic carbocycles. The van der Waals surface area contributed by atoms with Gasteiger partial charge in [-0.15, -0.1) is 0 Å². The molecule has 2 N–H and O–H groups in total. The molecular formula is C11H21N3. The Morgan fingerprint density at radius 2 is 2.14 bits per heavy atom. The third kappa shape index (κ3) is 3.14. The van der Waals surface area contributed by atoms with Gasteiger partial charge in [-0.3, -0.25) is 0 Å². The molecule has 0 bridgehead atoms. The van der Waals surface area contributed by atoms with E-state index in [1.807, 2.05) is 6.33 Å². The first-order valence-electron chi connectivity index (χ1n) is 5.50. The first-order valence-corrected chi connectivity index (χ1v) is 5.50. The van der Waals surface area contributed by atoms with E-state index in [2.05, 4.69) is 29.6 Å². The van der Waals surface area contributed by atoms with Crippen LogP contribution in [-0.2, 0) is 13.0 Å². The van der Waals surface area contributed by atoms with E-state index in [0.717, 1.165) is 24.6 Å². The van der Waals surface area contributed by atoms with Crippen LogP contribution in [0.15, 0.2) is 12.5 Å². The van der Waals surface area contributed by atoms with Crippen molar-refractivity contribution < 1.29 is 0 Å². The summed E-state index contributed by atoms with van der Waals surface area (Å²) >= 11 is 0. The van der Waals surface area contributed by atoms with Crippen molar-refractivity contribution in [2.45, 2.75) is 39.7 Å². The van der Waals surface area contributed by atoms with Crippen LogP contribution in [0, 0.1) is 5.92 Å². The summed E-state index contributed by atoms with van der Waals surface area (Å²) in [6.07, 6.45) is 7.40. The highest BCUT2D eigenvalue weighted by Gasteiger charge is 2.05. The lowest BCUT2D eigenvalue weighted by atomic mass is 10.0. The average Bonchev–Trinajstić information content (AvgIpc) is 2.63. The van der Waals surface area contributed by atoms with Gasteiger partial charge in [0.15, 0.2) is 0 Å². The molecule has 0 radical (unpaired) electrons. The minimum absolute atomic E-state index is 0.683. The second kappa shape index (κ2) is 5.81. The second-order valence-corrected chi connectivity index (χ2v) is 3.78. The van der Waals surface area contributed by atoms with Gasteiger partial charge < -0.3 is 10.3 Å². The Labute approximate surface area is 86.3 Å². The molecule has 0 saturated carbocycles. The second-order valence-electron chi connectivity index (χ2n) is 3.78. The summed E-state index contributed by atoms with van der Waals surface area (Å²) in [4.78, 5) is 4.31. The molecule has 0 spiro atoms. The van der Waals surface area contributed by atoms with Crippen molar-refractivity contribution in [2.24, 2.45) is 11.7 Å². The third-order valence-corrected chi connectivity index (χ3v) is 2.71. The molecule has 1 rings (SSSR count). The zero-order valence-electron chi connectivity index (χ0n) is 9.24. The molecular weight excluding hydrogens is 174 g/mol. The van der Waals surface area contributed by atoms with E-state index in [0.29, 0.717) is 6.54 Å². The maximum absolute atomic E-state index is 5.47. The Balaban J connectivity index is 2.49. The lowest BCUT2D eigenvalue weighted by Crippen LogP contribution is -2.07. The van der Waals surface area contributed by atoms with Gasteiger partial charge in [0.05, 0.1) is 12.0 Å². The van der Waals surface area contributed by atoms with Gasteiger partial charge in [0, 0.05) is 19.2 Å². The lowest BCUT2D eigenvalue weighted by Gasteiger charge is -2.11. The van der Waals surface area contributed by atoms with E-state index in [-0.39, 0.29) is 0 Å². The number of rotatable bonds is 6. The van der Waals surface area contributed by atoms with Crippen molar-refractivity contribution in [3.63, 3.8) is 0 Å². The minimum atomic E-state index is 0.683. The number of nitrogens with zero attached hydrogens (tertiary/aromatic N) is 2.